The van der Waals surface area contributed by atoms with Gasteiger partial charge < -0.3 is 19.9 Å². The molecule has 20 heavy (non-hydrogen) atoms. The number of carboxylic acid groups (broad SMARTS) is 1. The van der Waals surface area contributed by atoms with E-state index in [1.807, 2.05) is 7.05 Å². The molecule has 1 unspecified atom stereocenters. The number of aliphatic carboxylic acids is 1. The molecular formula is C12H19N5O3. The second-order valence-corrected chi connectivity index (χ2v) is 4.96. The van der Waals surface area contributed by atoms with Crippen molar-refractivity contribution in [2.45, 2.75) is 19.3 Å². The molecule has 0 spiro atoms. The van der Waals surface area contributed by atoms with Gasteiger partial charge in [-0.05, 0) is 12.8 Å². The fraction of sp³-hybridized carbons (Fsp3) is 0.667. The van der Waals surface area contributed by atoms with Crippen LogP contribution in [0.5, 0.6) is 0 Å². The fourth-order valence-corrected chi connectivity index (χ4v) is 2.29. The maximum atomic E-state index is 12.0. The van der Waals surface area contributed by atoms with Crippen LogP contribution in [0.4, 0.5) is 4.79 Å². The van der Waals surface area contributed by atoms with Crippen molar-refractivity contribution in [3.8, 4) is 0 Å². The molecule has 2 rings (SSSR count). The number of carboxylic acids is 1. The van der Waals surface area contributed by atoms with E-state index in [1.165, 1.54) is 0 Å². The van der Waals surface area contributed by atoms with Crippen LogP contribution in [-0.2, 0) is 18.3 Å². The Hall–Kier alpha value is -2.12. The number of aryl methyl sites for hydroxylation is 1. The molecule has 8 heteroatoms. The van der Waals surface area contributed by atoms with Gasteiger partial charge in [0.1, 0.15) is 12.2 Å². The summed E-state index contributed by atoms with van der Waals surface area (Å²) in [6.07, 6.45) is 3.57. The molecule has 1 saturated heterocycles. The van der Waals surface area contributed by atoms with Gasteiger partial charge in [-0.15, -0.1) is 10.2 Å². The van der Waals surface area contributed by atoms with Gasteiger partial charge in [-0.25, -0.2) is 4.79 Å². The van der Waals surface area contributed by atoms with Gasteiger partial charge in [-0.2, -0.15) is 0 Å². The maximum absolute atomic E-state index is 12.0. The van der Waals surface area contributed by atoms with Crippen LogP contribution < -0.4 is 5.32 Å². The van der Waals surface area contributed by atoms with Crippen LogP contribution >= 0.6 is 0 Å². The standard InChI is InChI=1S/C12H19N5O3/c1-16-8-14-15-10(16)4-5-13-12(20)17-6-2-3-9(7-17)11(18)19/h8-9H,2-7H2,1H3,(H,13,20)(H,18,19). The third-order valence-electron chi connectivity index (χ3n) is 3.49. The summed E-state index contributed by atoms with van der Waals surface area (Å²) in [4.78, 5) is 24.5. The predicted molar refractivity (Wildman–Crippen MR) is 70.0 cm³/mol. The summed E-state index contributed by atoms with van der Waals surface area (Å²) < 4.78 is 1.80. The van der Waals surface area contributed by atoms with Gasteiger partial charge in [0.15, 0.2) is 0 Å². The first kappa shape index (κ1) is 14.3. The smallest absolute Gasteiger partial charge is 0.317 e. The molecule has 2 heterocycles. The number of hydrogen-bond donors (Lipinski definition) is 2. The van der Waals surface area contributed by atoms with E-state index in [9.17, 15) is 9.59 Å². The average molecular weight is 281 g/mol. The van der Waals surface area contributed by atoms with Gasteiger partial charge >= 0.3 is 12.0 Å². The third kappa shape index (κ3) is 3.46. The first-order valence-corrected chi connectivity index (χ1v) is 6.66. The van der Waals surface area contributed by atoms with Crippen LogP contribution in [0.25, 0.3) is 0 Å². The van der Waals surface area contributed by atoms with E-state index in [4.69, 9.17) is 5.11 Å². The van der Waals surface area contributed by atoms with Crippen molar-refractivity contribution in [3.05, 3.63) is 12.2 Å². The molecule has 0 saturated carbocycles. The van der Waals surface area contributed by atoms with Gasteiger partial charge in [0.2, 0.25) is 0 Å². The lowest BCUT2D eigenvalue weighted by Crippen LogP contribution is -2.47. The van der Waals surface area contributed by atoms with Crippen molar-refractivity contribution in [2.24, 2.45) is 13.0 Å². The van der Waals surface area contributed by atoms with E-state index in [1.54, 1.807) is 15.8 Å². The molecule has 1 aliphatic rings. The van der Waals surface area contributed by atoms with Gasteiger partial charge in [-0.1, -0.05) is 0 Å². The molecule has 0 aromatic carbocycles. The summed E-state index contributed by atoms with van der Waals surface area (Å²) in [5.41, 5.74) is 0. The number of nitrogens with zero attached hydrogens (tertiary/aromatic N) is 4. The molecule has 0 bridgehead atoms. The summed E-state index contributed by atoms with van der Waals surface area (Å²) >= 11 is 0. The van der Waals surface area contributed by atoms with Crippen LogP contribution in [0.3, 0.4) is 0 Å². The second kappa shape index (κ2) is 6.36. The zero-order valence-corrected chi connectivity index (χ0v) is 11.4. The number of nitrogens with one attached hydrogen (secondary N) is 1. The Morgan fingerprint density at radius 2 is 2.35 bits per heavy atom. The number of carbonyl (C=O) groups excluding carboxylic acids is 1. The number of urea groups is 1. The van der Waals surface area contributed by atoms with Crippen LogP contribution in [0.15, 0.2) is 6.33 Å². The minimum atomic E-state index is -0.832. The van der Waals surface area contributed by atoms with Crippen molar-refractivity contribution < 1.29 is 14.7 Å². The normalized spacial score (nSPS) is 18.9. The highest BCUT2D eigenvalue weighted by atomic mass is 16.4. The number of piperidine rings is 1. The quantitative estimate of drug-likeness (QED) is 0.800. The van der Waals surface area contributed by atoms with Crippen LogP contribution in [0.1, 0.15) is 18.7 Å². The zero-order valence-electron chi connectivity index (χ0n) is 11.4. The van der Waals surface area contributed by atoms with Crippen molar-refractivity contribution in [1.29, 1.82) is 0 Å². The monoisotopic (exact) mass is 281 g/mol. The highest BCUT2D eigenvalue weighted by molar-refractivity contribution is 5.76. The summed E-state index contributed by atoms with van der Waals surface area (Å²) in [5, 5.41) is 19.5. The number of hydrogen-bond acceptors (Lipinski definition) is 4. The topological polar surface area (TPSA) is 100 Å². The van der Waals surface area contributed by atoms with Crippen molar-refractivity contribution in [2.75, 3.05) is 19.6 Å². The Labute approximate surface area is 116 Å². The number of rotatable bonds is 4. The van der Waals surface area contributed by atoms with E-state index < -0.39 is 11.9 Å². The van der Waals surface area contributed by atoms with Gasteiger partial charge in [0.05, 0.1) is 5.92 Å². The molecule has 1 atom stereocenters. The first-order valence-electron chi connectivity index (χ1n) is 6.66. The van der Waals surface area contributed by atoms with E-state index >= 15 is 0 Å². The van der Waals surface area contributed by atoms with E-state index in [2.05, 4.69) is 15.5 Å². The number of carbonyl (C=O) groups is 2. The SMILES string of the molecule is Cn1cnnc1CCNC(=O)N1CCCC(C(=O)O)C1. The van der Waals surface area contributed by atoms with Crippen molar-refractivity contribution >= 4 is 12.0 Å². The van der Waals surface area contributed by atoms with Crippen molar-refractivity contribution in [1.82, 2.24) is 25.0 Å². The minimum Gasteiger partial charge on any atom is -0.481 e. The third-order valence-corrected chi connectivity index (χ3v) is 3.49. The van der Waals surface area contributed by atoms with E-state index in [0.717, 1.165) is 12.2 Å². The largest absolute Gasteiger partial charge is 0.481 e. The summed E-state index contributed by atoms with van der Waals surface area (Å²) in [7, 11) is 1.85. The Bertz CT molecular complexity index is 487. The Balaban J connectivity index is 1.77. The zero-order chi connectivity index (χ0) is 14.5. The summed E-state index contributed by atoms with van der Waals surface area (Å²) in [5.74, 6) is -0.484. The molecule has 2 amide bonds. The average Bonchev–Trinajstić information content (AvgIpc) is 2.84. The van der Waals surface area contributed by atoms with Crippen LogP contribution in [-0.4, -0.2) is 56.4 Å². The number of likely N-dealkylation sites (tertiary alicyclic amines) is 1. The lowest BCUT2D eigenvalue weighted by molar-refractivity contribution is -0.143. The molecule has 1 aromatic rings. The molecule has 0 aliphatic carbocycles. The maximum Gasteiger partial charge on any atom is 0.317 e. The Morgan fingerprint density at radius 3 is 3.00 bits per heavy atom. The lowest BCUT2D eigenvalue weighted by atomic mass is 9.99. The predicted octanol–water partition coefficient (Wildman–Crippen LogP) is -0.136. The minimum absolute atomic E-state index is 0.210. The fourth-order valence-electron chi connectivity index (χ4n) is 2.29. The van der Waals surface area contributed by atoms with Gasteiger partial charge in [0.25, 0.3) is 0 Å². The van der Waals surface area contributed by atoms with Gasteiger partial charge in [0, 0.05) is 33.1 Å². The molecule has 1 aliphatic heterocycles. The number of amides is 2. The molecular weight excluding hydrogens is 262 g/mol. The molecule has 8 nitrogen and oxygen atoms in total. The molecule has 110 valence electrons. The van der Waals surface area contributed by atoms with E-state index in [-0.39, 0.29) is 12.6 Å². The van der Waals surface area contributed by atoms with Gasteiger partial charge in [-0.3, -0.25) is 4.79 Å². The lowest BCUT2D eigenvalue weighted by Gasteiger charge is -2.30. The number of aromatic nitrogens is 3. The first-order chi connectivity index (χ1) is 9.58. The second-order valence-electron chi connectivity index (χ2n) is 4.96. The highest BCUT2D eigenvalue weighted by Crippen LogP contribution is 2.16. The van der Waals surface area contributed by atoms with Crippen molar-refractivity contribution in [3.63, 3.8) is 0 Å². The Morgan fingerprint density at radius 1 is 1.55 bits per heavy atom. The molecule has 2 N–H and O–H groups in total. The van der Waals surface area contributed by atoms with Crippen LogP contribution in [0.2, 0.25) is 0 Å². The highest BCUT2D eigenvalue weighted by Gasteiger charge is 2.27. The molecule has 0 radical (unpaired) electrons. The molecule has 1 fully saturated rings. The van der Waals surface area contributed by atoms with Crippen LogP contribution in [0, 0.1) is 5.92 Å². The molecule has 1 aromatic heterocycles. The summed E-state index contributed by atoms with van der Waals surface area (Å²) in [6.45, 7) is 1.35. The summed E-state index contributed by atoms with van der Waals surface area (Å²) in [6, 6.07) is -0.210. The Kier molecular flexibility index (Phi) is 4.54. The van der Waals surface area contributed by atoms with E-state index in [0.29, 0.717) is 25.9 Å².